The first-order valence-electron chi connectivity index (χ1n) is 14.6. The zero-order valence-corrected chi connectivity index (χ0v) is 27.7. The molecule has 0 saturated carbocycles. The molecule has 5 aromatic rings. The summed E-state index contributed by atoms with van der Waals surface area (Å²) in [7, 11) is -1.23. The second-order valence-electron chi connectivity index (χ2n) is 11.6. The molecule has 0 fully saturated rings. The summed E-state index contributed by atoms with van der Waals surface area (Å²) in [5.41, 5.74) is 4.12. The number of halogens is 1. The first-order chi connectivity index (χ1) is 20.7. The first kappa shape index (κ1) is 31.1. The molecule has 43 heavy (non-hydrogen) atoms. The molecule has 0 aliphatic heterocycles. The van der Waals surface area contributed by atoms with E-state index in [1.807, 2.05) is 30.3 Å². The highest BCUT2D eigenvalue weighted by Crippen LogP contribution is 2.37. The highest BCUT2D eigenvalue weighted by molar-refractivity contribution is 7.99. The predicted molar refractivity (Wildman–Crippen MR) is 183 cm³/mol. The molecule has 222 valence electrons. The number of aromatic amines is 1. The third-order valence-electron chi connectivity index (χ3n) is 7.94. The average molecular weight is 628 g/mol. The van der Waals surface area contributed by atoms with Crippen LogP contribution in [0.2, 0.25) is 10.1 Å². The Morgan fingerprint density at radius 1 is 0.860 bits per heavy atom. The number of aromatic nitrogens is 1. The maximum Gasteiger partial charge on any atom is 0.337 e. The molecule has 0 bridgehead atoms. The second kappa shape index (κ2) is 13.6. The van der Waals surface area contributed by atoms with Crippen LogP contribution >= 0.6 is 23.4 Å². The number of nitrogens with one attached hydrogen (secondary N) is 1. The summed E-state index contributed by atoms with van der Waals surface area (Å²) in [6, 6.07) is 35.2. The Labute approximate surface area is 264 Å². The van der Waals surface area contributed by atoms with E-state index in [1.54, 1.807) is 11.8 Å². The number of benzene rings is 4. The molecule has 0 aliphatic rings. The summed E-state index contributed by atoms with van der Waals surface area (Å²) in [5.74, 6) is 0.566. The van der Waals surface area contributed by atoms with Gasteiger partial charge < -0.3 is 14.1 Å². The summed E-state index contributed by atoms with van der Waals surface area (Å²) in [6.07, 6.45) is 1.64. The van der Waals surface area contributed by atoms with Crippen LogP contribution in [0.1, 0.15) is 42.4 Å². The molecule has 4 nitrogen and oxygen atoms in total. The summed E-state index contributed by atoms with van der Waals surface area (Å²) in [4.78, 5) is 16.6. The fourth-order valence-electron chi connectivity index (χ4n) is 5.92. The van der Waals surface area contributed by atoms with Gasteiger partial charge in [-0.15, -0.1) is 11.8 Å². The van der Waals surface area contributed by atoms with Crippen LogP contribution in [-0.2, 0) is 22.0 Å². The minimum Gasteiger partial charge on any atom is -0.465 e. The molecule has 0 atom stereocenters. The number of ether oxygens (including phenoxy) is 1. The van der Waals surface area contributed by atoms with Gasteiger partial charge in [0.2, 0.25) is 0 Å². The fourth-order valence-corrected chi connectivity index (χ4v) is 11.5. The van der Waals surface area contributed by atoms with E-state index in [0.29, 0.717) is 12.2 Å². The van der Waals surface area contributed by atoms with Gasteiger partial charge in [0, 0.05) is 45.3 Å². The zero-order chi connectivity index (χ0) is 30.5. The van der Waals surface area contributed by atoms with Crippen molar-refractivity contribution in [2.75, 3.05) is 19.5 Å². The SMILES string of the molecule is COC(=O)c1ccc(SCCc2c(CCO[Si](c3ccccc3)(c3ccccc3)C(C)(C)C)[nH]c3ccc(Cl)cc23)cc1. The summed E-state index contributed by atoms with van der Waals surface area (Å²) >= 11 is 8.23. The van der Waals surface area contributed by atoms with E-state index in [1.165, 1.54) is 28.7 Å². The third-order valence-corrected chi connectivity index (χ3v) is 14.2. The smallest absolute Gasteiger partial charge is 0.337 e. The van der Waals surface area contributed by atoms with Crippen molar-refractivity contribution in [2.45, 2.75) is 43.5 Å². The Morgan fingerprint density at radius 3 is 2.07 bits per heavy atom. The lowest BCUT2D eigenvalue weighted by atomic mass is 10.1. The van der Waals surface area contributed by atoms with E-state index >= 15 is 0 Å². The van der Waals surface area contributed by atoms with Gasteiger partial charge in [-0.3, -0.25) is 0 Å². The molecule has 1 heterocycles. The van der Waals surface area contributed by atoms with E-state index in [0.717, 1.165) is 39.4 Å². The van der Waals surface area contributed by atoms with Crippen molar-refractivity contribution < 1.29 is 14.0 Å². The number of rotatable bonds is 11. The van der Waals surface area contributed by atoms with Gasteiger partial charge in [-0.25, -0.2) is 4.79 Å². The molecule has 5 rings (SSSR count). The van der Waals surface area contributed by atoms with Gasteiger partial charge in [0.1, 0.15) is 0 Å². The summed E-state index contributed by atoms with van der Waals surface area (Å²) in [6.45, 7) is 7.53. The van der Waals surface area contributed by atoms with E-state index in [4.69, 9.17) is 20.8 Å². The Morgan fingerprint density at radius 2 is 1.49 bits per heavy atom. The van der Waals surface area contributed by atoms with Gasteiger partial charge in [0.25, 0.3) is 8.32 Å². The van der Waals surface area contributed by atoms with E-state index in [9.17, 15) is 4.79 Å². The number of carbonyl (C=O) groups is 1. The van der Waals surface area contributed by atoms with Gasteiger partial charge in [0.15, 0.2) is 0 Å². The Bertz CT molecular complexity index is 1630. The van der Waals surface area contributed by atoms with Crippen molar-refractivity contribution in [3.8, 4) is 0 Å². The molecular weight excluding hydrogens is 590 g/mol. The number of fused-ring (bicyclic) bond motifs is 1. The number of H-pyrrole nitrogens is 1. The number of aryl methyl sites for hydroxylation is 1. The second-order valence-corrected chi connectivity index (χ2v) is 17.6. The molecule has 0 unspecified atom stereocenters. The van der Waals surface area contributed by atoms with E-state index < -0.39 is 8.32 Å². The highest BCUT2D eigenvalue weighted by Gasteiger charge is 2.50. The minimum atomic E-state index is -2.63. The first-order valence-corrected chi connectivity index (χ1v) is 17.9. The molecule has 1 aromatic heterocycles. The zero-order valence-electron chi connectivity index (χ0n) is 25.2. The van der Waals surface area contributed by atoms with Crippen LogP contribution in [0.4, 0.5) is 0 Å². The van der Waals surface area contributed by atoms with Crippen molar-refractivity contribution >= 4 is 58.9 Å². The van der Waals surface area contributed by atoms with Crippen molar-refractivity contribution in [3.63, 3.8) is 0 Å². The van der Waals surface area contributed by atoms with Crippen LogP contribution in [-0.4, -0.2) is 38.7 Å². The maximum absolute atomic E-state index is 11.8. The summed E-state index contributed by atoms with van der Waals surface area (Å²) in [5, 5.41) is 4.38. The van der Waals surface area contributed by atoms with Gasteiger partial charge >= 0.3 is 5.97 Å². The van der Waals surface area contributed by atoms with E-state index in [-0.39, 0.29) is 11.0 Å². The molecule has 0 saturated heterocycles. The van der Waals surface area contributed by atoms with E-state index in [2.05, 4.69) is 98.6 Å². The van der Waals surface area contributed by atoms with Crippen LogP contribution < -0.4 is 10.4 Å². The van der Waals surface area contributed by atoms with Crippen molar-refractivity contribution in [3.05, 3.63) is 125 Å². The monoisotopic (exact) mass is 627 g/mol. The standard InChI is InChI=1S/C36H38ClNO3SSi/c1-36(2,3)43(29-11-7-5-8-12-29,30-13-9-6-10-14-30)41-23-21-34-31(32-25-27(37)17-20-33(32)38-34)22-24-42-28-18-15-26(16-19-28)35(39)40-4/h5-20,25,38H,21-24H2,1-4H3. The number of thioether (sulfide) groups is 1. The van der Waals surface area contributed by atoms with Crippen LogP contribution in [0.25, 0.3) is 10.9 Å². The van der Waals surface area contributed by atoms with Crippen LogP contribution in [0.3, 0.4) is 0 Å². The lowest BCUT2D eigenvalue weighted by Crippen LogP contribution is -2.66. The number of carbonyl (C=O) groups excluding carboxylic acids is 1. The fraction of sp³-hybridized carbons (Fsp3) is 0.250. The molecule has 7 heteroatoms. The topological polar surface area (TPSA) is 51.3 Å². The quantitative estimate of drug-likeness (QED) is 0.0914. The Kier molecular flexibility index (Phi) is 9.82. The predicted octanol–water partition coefficient (Wildman–Crippen LogP) is 8.06. The highest BCUT2D eigenvalue weighted by atomic mass is 35.5. The number of methoxy groups -OCH3 is 1. The van der Waals surface area contributed by atoms with Crippen LogP contribution in [0.15, 0.2) is 108 Å². The molecule has 1 N–H and O–H groups in total. The van der Waals surface area contributed by atoms with Gasteiger partial charge in [-0.1, -0.05) is 93.0 Å². The number of hydrogen-bond acceptors (Lipinski definition) is 4. The van der Waals surface area contributed by atoms with Gasteiger partial charge in [0.05, 0.1) is 12.7 Å². The third kappa shape index (κ3) is 6.78. The van der Waals surface area contributed by atoms with Crippen molar-refractivity contribution in [2.24, 2.45) is 0 Å². The van der Waals surface area contributed by atoms with Gasteiger partial charge in [-0.2, -0.15) is 0 Å². The number of esters is 1. The molecule has 0 aliphatic carbocycles. The lowest BCUT2D eigenvalue weighted by molar-refractivity contribution is 0.0600. The maximum atomic E-state index is 11.8. The molecule has 0 amide bonds. The number of hydrogen-bond donors (Lipinski definition) is 1. The van der Waals surface area contributed by atoms with Crippen LogP contribution in [0, 0.1) is 0 Å². The van der Waals surface area contributed by atoms with Crippen LogP contribution in [0.5, 0.6) is 0 Å². The minimum absolute atomic E-state index is 0.0768. The molecule has 0 spiro atoms. The molecule has 0 radical (unpaired) electrons. The Balaban J connectivity index is 1.39. The summed E-state index contributed by atoms with van der Waals surface area (Å²) < 4.78 is 12.0. The Hall–Kier alpha value is -3.29. The van der Waals surface area contributed by atoms with Gasteiger partial charge in [-0.05, 0) is 69.9 Å². The largest absolute Gasteiger partial charge is 0.465 e. The lowest BCUT2D eigenvalue weighted by Gasteiger charge is -2.43. The average Bonchev–Trinajstić information content (AvgIpc) is 3.35. The molecular formula is C36H38ClNO3SSi. The van der Waals surface area contributed by atoms with Crippen molar-refractivity contribution in [1.29, 1.82) is 0 Å². The van der Waals surface area contributed by atoms with Crippen molar-refractivity contribution in [1.82, 2.24) is 4.98 Å². The molecule has 4 aromatic carbocycles. The normalized spacial score (nSPS) is 12.0.